The molecule has 2 aromatic rings. The Bertz CT molecular complexity index is 705. The van der Waals surface area contributed by atoms with Gasteiger partial charge >= 0.3 is 0 Å². The van der Waals surface area contributed by atoms with Crippen molar-refractivity contribution in [2.75, 3.05) is 25.0 Å². The fraction of sp³-hybridized carbons (Fsp3) is 0.500. The summed E-state index contributed by atoms with van der Waals surface area (Å²) in [4.78, 5) is 11.4. The van der Waals surface area contributed by atoms with Crippen LogP contribution in [0.25, 0.3) is 0 Å². The maximum absolute atomic E-state index is 6.14. The minimum atomic E-state index is 0.336. The van der Waals surface area contributed by atoms with Crippen LogP contribution in [0.15, 0.2) is 30.3 Å². The van der Waals surface area contributed by atoms with Crippen molar-refractivity contribution in [2.24, 2.45) is 0 Å². The zero-order valence-electron chi connectivity index (χ0n) is 15.6. The molecule has 0 fully saturated rings. The Morgan fingerprint density at radius 3 is 2.73 bits per heavy atom. The number of benzene rings is 1. The quantitative estimate of drug-likeness (QED) is 0.548. The van der Waals surface area contributed by atoms with Gasteiger partial charge in [0.25, 0.3) is 0 Å². The summed E-state index contributed by atoms with van der Waals surface area (Å²) >= 11 is 6.14. The minimum absolute atomic E-state index is 0.336. The molecule has 2 N–H and O–H groups in total. The van der Waals surface area contributed by atoms with Gasteiger partial charge in [0.05, 0.1) is 5.69 Å². The van der Waals surface area contributed by atoms with Gasteiger partial charge in [0.15, 0.2) is 0 Å². The predicted octanol–water partition coefficient (Wildman–Crippen LogP) is 3.49. The summed E-state index contributed by atoms with van der Waals surface area (Å²) in [5, 5.41) is 7.24. The van der Waals surface area contributed by atoms with E-state index in [0.717, 1.165) is 57.1 Å². The second-order valence-corrected chi connectivity index (χ2v) is 7.44. The van der Waals surface area contributed by atoms with E-state index in [2.05, 4.69) is 69.7 Å². The Labute approximate surface area is 161 Å². The number of hydrogen-bond acceptors (Lipinski definition) is 5. The molecule has 0 radical (unpaired) electrons. The lowest BCUT2D eigenvalue weighted by Crippen LogP contribution is -2.32. The van der Waals surface area contributed by atoms with Crippen molar-refractivity contribution in [3.8, 4) is 0 Å². The largest absolute Gasteiger partial charge is 0.370 e. The van der Waals surface area contributed by atoms with Crippen LogP contribution in [0.1, 0.15) is 37.1 Å². The van der Waals surface area contributed by atoms with E-state index in [0.29, 0.717) is 11.3 Å². The molecule has 0 amide bonds. The molecule has 0 atom stereocenters. The molecule has 3 rings (SSSR count). The Kier molecular flexibility index (Phi) is 6.83. The monoisotopic (exact) mass is 373 g/mol. The maximum Gasteiger partial charge on any atom is 0.224 e. The van der Waals surface area contributed by atoms with Gasteiger partial charge in [0, 0.05) is 44.2 Å². The molecule has 1 aromatic carbocycles. The van der Waals surface area contributed by atoms with Crippen molar-refractivity contribution in [3.63, 3.8) is 0 Å². The minimum Gasteiger partial charge on any atom is -0.370 e. The number of fused-ring (bicyclic) bond motifs is 1. The fourth-order valence-electron chi connectivity index (χ4n) is 3.25. The van der Waals surface area contributed by atoms with E-state index in [1.165, 1.54) is 11.1 Å². The van der Waals surface area contributed by atoms with E-state index in [1.54, 1.807) is 0 Å². The van der Waals surface area contributed by atoms with Gasteiger partial charge in [-0.05, 0) is 30.1 Å². The van der Waals surface area contributed by atoms with Gasteiger partial charge in [-0.15, -0.1) is 0 Å². The van der Waals surface area contributed by atoms with Crippen molar-refractivity contribution in [3.05, 3.63) is 52.4 Å². The maximum atomic E-state index is 6.14. The molecule has 5 nitrogen and oxygen atoms in total. The van der Waals surface area contributed by atoms with E-state index in [1.807, 2.05) is 0 Å². The average molecular weight is 374 g/mol. The summed E-state index contributed by atoms with van der Waals surface area (Å²) in [7, 11) is 0. The first kappa shape index (κ1) is 19.1. The highest BCUT2D eigenvalue weighted by atomic mass is 35.5. The number of aromatic nitrogens is 2. The van der Waals surface area contributed by atoms with Crippen LogP contribution in [0.4, 0.5) is 5.82 Å². The van der Waals surface area contributed by atoms with Crippen molar-refractivity contribution in [1.29, 1.82) is 0 Å². The van der Waals surface area contributed by atoms with Gasteiger partial charge < -0.3 is 10.6 Å². The number of nitrogens with zero attached hydrogens (tertiary/aromatic N) is 3. The molecule has 0 unspecified atom stereocenters. The lowest BCUT2D eigenvalue weighted by Gasteiger charge is -2.29. The second kappa shape index (κ2) is 9.31. The third-order valence-electron chi connectivity index (χ3n) is 4.56. The van der Waals surface area contributed by atoms with E-state index in [9.17, 15) is 0 Å². The van der Waals surface area contributed by atoms with Crippen LogP contribution in [-0.2, 0) is 19.5 Å². The summed E-state index contributed by atoms with van der Waals surface area (Å²) < 4.78 is 0. The molecule has 1 aliphatic heterocycles. The predicted molar refractivity (Wildman–Crippen MR) is 108 cm³/mol. The Morgan fingerprint density at radius 1 is 1.15 bits per heavy atom. The molecule has 2 heterocycles. The highest BCUT2D eigenvalue weighted by molar-refractivity contribution is 6.28. The van der Waals surface area contributed by atoms with Crippen molar-refractivity contribution < 1.29 is 0 Å². The number of hydrogen-bond donors (Lipinski definition) is 2. The van der Waals surface area contributed by atoms with Gasteiger partial charge in [-0.3, -0.25) is 4.90 Å². The SMILES string of the molecule is CC(C)NCCCNc1nc(Cl)nc2c1CN(Cc1ccccc1)CC2. The highest BCUT2D eigenvalue weighted by Gasteiger charge is 2.22. The zero-order valence-corrected chi connectivity index (χ0v) is 16.4. The smallest absolute Gasteiger partial charge is 0.224 e. The van der Waals surface area contributed by atoms with Gasteiger partial charge in [0.2, 0.25) is 5.28 Å². The lowest BCUT2D eigenvalue weighted by atomic mass is 10.1. The topological polar surface area (TPSA) is 53.1 Å². The summed E-state index contributed by atoms with van der Waals surface area (Å²) in [5.74, 6) is 0.891. The Morgan fingerprint density at radius 2 is 1.96 bits per heavy atom. The third kappa shape index (κ3) is 5.40. The first-order valence-electron chi connectivity index (χ1n) is 9.40. The van der Waals surface area contributed by atoms with Crippen LogP contribution in [-0.4, -0.2) is 40.5 Å². The second-order valence-electron chi connectivity index (χ2n) is 7.10. The van der Waals surface area contributed by atoms with Crippen molar-refractivity contribution in [2.45, 2.75) is 45.8 Å². The van der Waals surface area contributed by atoms with Crippen LogP contribution >= 0.6 is 11.6 Å². The summed E-state index contributed by atoms with van der Waals surface area (Å²) in [6.45, 7) is 8.98. The molecule has 26 heavy (non-hydrogen) atoms. The molecule has 0 bridgehead atoms. The Balaban J connectivity index is 1.63. The van der Waals surface area contributed by atoms with Gasteiger partial charge in [-0.2, -0.15) is 0 Å². The molecule has 6 heteroatoms. The van der Waals surface area contributed by atoms with Crippen molar-refractivity contribution in [1.82, 2.24) is 20.2 Å². The van der Waals surface area contributed by atoms with E-state index >= 15 is 0 Å². The highest BCUT2D eigenvalue weighted by Crippen LogP contribution is 2.26. The van der Waals surface area contributed by atoms with Crippen LogP contribution in [0.2, 0.25) is 5.28 Å². The van der Waals surface area contributed by atoms with Gasteiger partial charge in [-0.25, -0.2) is 9.97 Å². The van der Waals surface area contributed by atoms with Crippen LogP contribution < -0.4 is 10.6 Å². The van der Waals surface area contributed by atoms with Crippen LogP contribution in [0.3, 0.4) is 0 Å². The molecule has 140 valence electrons. The first-order valence-corrected chi connectivity index (χ1v) is 9.78. The van der Waals surface area contributed by atoms with Crippen LogP contribution in [0, 0.1) is 0 Å². The number of rotatable bonds is 8. The Hall–Kier alpha value is -1.69. The number of anilines is 1. The molecule has 0 saturated carbocycles. The molecule has 0 saturated heterocycles. The first-order chi connectivity index (χ1) is 12.6. The fourth-order valence-corrected chi connectivity index (χ4v) is 3.44. The molecular formula is C20H28ClN5. The molecule has 0 aliphatic carbocycles. The van der Waals surface area contributed by atoms with Crippen LogP contribution in [0.5, 0.6) is 0 Å². The van der Waals surface area contributed by atoms with E-state index in [4.69, 9.17) is 11.6 Å². The molecule has 1 aliphatic rings. The summed E-state index contributed by atoms with van der Waals surface area (Å²) in [5.41, 5.74) is 3.60. The van der Waals surface area contributed by atoms with Gasteiger partial charge in [0.1, 0.15) is 5.82 Å². The lowest BCUT2D eigenvalue weighted by molar-refractivity contribution is 0.243. The average Bonchev–Trinajstić information content (AvgIpc) is 2.62. The zero-order chi connectivity index (χ0) is 18.4. The number of nitrogens with one attached hydrogen (secondary N) is 2. The standard InChI is InChI=1S/C20H28ClN5/c1-15(2)22-10-6-11-23-19-17-14-26(13-16-7-4-3-5-8-16)12-9-18(17)24-20(21)25-19/h3-5,7-8,15,22H,6,9-14H2,1-2H3,(H,23,24,25). The summed E-state index contributed by atoms with van der Waals surface area (Å²) in [6.07, 6.45) is 1.95. The van der Waals surface area contributed by atoms with Crippen molar-refractivity contribution >= 4 is 17.4 Å². The van der Waals surface area contributed by atoms with E-state index < -0.39 is 0 Å². The third-order valence-corrected chi connectivity index (χ3v) is 4.73. The van der Waals surface area contributed by atoms with Gasteiger partial charge in [-0.1, -0.05) is 44.2 Å². The number of halogens is 1. The normalized spacial score (nSPS) is 14.5. The molecule has 0 spiro atoms. The van der Waals surface area contributed by atoms with E-state index in [-0.39, 0.29) is 0 Å². The molecule has 1 aromatic heterocycles. The molecular weight excluding hydrogens is 346 g/mol. The summed E-state index contributed by atoms with van der Waals surface area (Å²) in [6, 6.07) is 11.1.